The summed E-state index contributed by atoms with van der Waals surface area (Å²) in [6.45, 7) is 12.7. The molecular weight excluding hydrogens is 418 g/mol. The number of aromatic amines is 1. The molecule has 0 aliphatic heterocycles. The lowest BCUT2D eigenvalue weighted by Gasteiger charge is -2.38. The van der Waals surface area contributed by atoms with Crippen molar-refractivity contribution in [3.05, 3.63) is 40.8 Å². The molecule has 0 saturated carbocycles. The minimum atomic E-state index is 0.0328. The van der Waals surface area contributed by atoms with Crippen LogP contribution >= 0.6 is 12.2 Å². The maximum Gasteiger partial charge on any atom is 0.246 e. The molecule has 0 atom stereocenters. The summed E-state index contributed by atoms with van der Waals surface area (Å²) in [5, 5.41) is 3.89. The summed E-state index contributed by atoms with van der Waals surface area (Å²) in [5.41, 5.74) is 1.65. The number of carbonyl (C=O) groups is 1. The van der Waals surface area contributed by atoms with E-state index in [0.717, 1.165) is 56.2 Å². The molecule has 32 heavy (non-hydrogen) atoms. The minimum Gasteiger partial charge on any atom is -0.357 e. The third-order valence-corrected chi connectivity index (χ3v) is 5.79. The molecule has 176 valence electrons. The van der Waals surface area contributed by atoms with E-state index in [-0.39, 0.29) is 5.91 Å². The Kier molecular flexibility index (Phi) is 10.7. The molecule has 6 nitrogen and oxygen atoms in total. The third kappa shape index (κ3) is 6.55. The van der Waals surface area contributed by atoms with E-state index in [4.69, 9.17) is 12.2 Å². The normalized spacial score (nSPS) is 10.8. The molecule has 0 bridgehead atoms. The van der Waals surface area contributed by atoms with Crippen LogP contribution in [0.2, 0.25) is 0 Å². The average molecular weight is 458 g/mol. The van der Waals surface area contributed by atoms with Gasteiger partial charge in [-0.15, -0.1) is 0 Å². The van der Waals surface area contributed by atoms with Gasteiger partial charge in [-0.3, -0.25) is 9.80 Å². The van der Waals surface area contributed by atoms with Crippen molar-refractivity contribution < 1.29 is 4.79 Å². The van der Waals surface area contributed by atoms with Crippen molar-refractivity contribution in [3.63, 3.8) is 0 Å². The summed E-state index contributed by atoms with van der Waals surface area (Å²) >= 11 is 5.77. The van der Waals surface area contributed by atoms with Gasteiger partial charge in [-0.25, -0.2) is 9.99 Å². The monoisotopic (exact) mass is 457 g/mol. The summed E-state index contributed by atoms with van der Waals surface area (Å²) in [7, 11) is 0. The molecule has 0 fully saturated rings. The molecule has 1 N–H and O–H groups in total. The summed E-state index contributed by atoms with van der Waals surface area (Å²) in [6.07, 6.45) is 5.68. The number of nitrogens with one attached hydrogen (secondary N) is 1. The zero-order valence-corrected chi connectivity index (χ0v) is 21.2. The molecule has 7 heteroatoms. The van der Waals surface area contributed by atoms with Crippen molar-refractivity contribution in [3.8, 4) is 0 Å². The summed E-state index contributed by atoms with van der Waals surface area (Å²) < 4.78 is 0.446. The Morgan fingerprint density at radius 3 is 2.28 bits per heavy atom. The van der Waals surface area contributed by atoms with Gasteiger partial charge in [0.1, 0.15) is 17.3 Å². The van der Waals surface area contributed by atoms with Crippen LogP contribution in [0.3, 0.4) is 0 Å². The van der Waals surface area contributed by atoms with Crippen LogP contribution in [0.25, 0.3) is 0 Å². The van der Waals surface area contributed by atoms with Crippen LogP contribution in [-0.2, 0) is 4.79 Å². The van der Waals surface area contributed by atoms with Crippen LogP contribution in [0.15, 0.2) is 30.3 Å². The Morgan fingerprint density at radius 1 is 1.00 bits per heavy atom. The lowest BCUT2D eigenvalue weighted by molar-refractivity contribution is -0.118. The van der Waals surface area contributed by atoms with Gasteiger partial charge in [-0.05, 0) is 45.7 Å². The Morgan fingerprint density at radius 2 is 1.69 bits per heavy atom. The van der Waals surface area contributed by atoms with Crippen molar-refractivity contribution in [1.29, 1.82) is 0 Å². The van der Waals surface area contributed by atoms with Gasteiger partial charge in [0.15, 0.2) is 4.64 Å². The second-order valence-corrected chi connectivity index (χ2v) is 8.36. The molecule has 2 aromatic rings. The number of rotatable bonds is 13. The molecule has 0 aliphatic rings. The first-order valence-electron chi connectivity index (χ1n) is 12.0. The van der Waals surface area contributed by atoms with Crippen LogP contribution in [-0.4, -0.2) is 35.5 Å². The molecule has 0 saturated heterocycles. The van der Waals surface area contributed by atoms with E-state index in [0.29, 0.717) is 16.7 Å². The van der Waals surface area contributed by atoms with Gasteiger partial charge in [0.2, 0.25) is 5.91 Å². The Balaban J connectivity index is 2.68. The fourth-order valence-electron chi connectivity index (χ4n) is 3.86. The number of nitrogens with zero attached hydrogens (tertiary/aromatic N) is 4. The number of unbranched alkanes of at least 4 members (excludes halogenated alkanes) is 3. The Hall–Kier alpha value is -2.41. The number of H-pyrrole nitrogens is 1. The third-order valence-electron chi connectivity index (χ3n) is 5.51. The van der Waals surface area contributed by atoms with E-state index in [9.17, 15) is 4.79 Å². The number of para-hydroxylation sites is 1. The number of benzene rings is 1. The van der Waals surface area contributed by atoms with Gasteiger partial charge >= 0.3 is 0 Å². The fraction of sp³-hybridized carbons (Fsp3) is 0.560. The molecule has 1 aromatic heterocycles. The molecule has 1 heterocycles. The first-order chi connectivity index (χ1) is 15.5. The minimum absolute atomic E-state index is 0.0328. The SMILES string of the molecule is CCCCCCN(c1ccccc1)N(C(=O)CCC)c1c(N(CC)CC)[nH]c(C)nc1=S. The van der Waals surface area contributed by atoms with Crippen molar-refractivity contribution in [1.82, 2.24) is 9.97 Å². The van der Waals surface area contributed by atoms with Gasteiger partial charge in [-0.2, -0.15) is 0 Å². The predicted octanol–water partition coefficient (Wildman–Crippen LogP) is 6.43. The van der Waals surface area contributed by atoms with Gasteiger partial charge in [0, 0.05) is 26.1 Å². The molecule has 1 amide bonds. The largest absolute Gasteiger partial charge is 0.357 e. The quantitative estimate of drug-likeness (QED) is 0.213. The lowest BCUT2D eigenvalue weighted by atomic mass is 10.2. The summed E-state index contributed by atoms with van der Waals surface area (Å²) in [5.74, 6) is 1.63. The standard InChI is InChI=1S/C25H39N5OS/c1-6-10-11-15-19-29(21-17-13-12-14-18-21)30(22(31)16-7-2)23-24(28(8-3)9-4)26-20(5)27-25(23)32/h12-14,17-18H,6-11,15-16,19H2,1-5H3,(H,26,27,32). The number of amides is 1. The number of aryl methyl sites for hydroxylation is 1. The molecule has 2 rings (SSSR count). The highest BCUT2D eigenvalue weighted by atomic mass is 32.1. The second-order valence-electron chi connectivity index (χ2n) is 7.97. The van der Waals surface area contributed by atoms with E-state index in [1.165, 1.54) is 12.8 Å². The smallest absolute Gasteiger partial charge is 0.246 e. The maximum absolute atomic E-state index is 13.6. The van der Waals surface area contributed by atoms with Crippen molar-refractivity contribution >= 4 is 35.3 Å². The van der Waals surface area contributed by atoms with Crippen LogP contribution in [0.4, 0.5) is 17.2 Å². The van der Waals surface area contributed by atoms with E-state index in [1.807, 2.05) is 32.0 Å². The van der Waals surface area contributed by atoms with Crippen LogP contribution < -0.4 is 14.9 Å². The highest BCUT2D eigenvalue weighted by Crippen LogP contribution is 2.33. The number of hydrazine groups is 1. The topological polar surface area (TPSA) is 55.5 Å². The lowest BCUT2D eigenvalue weighted by Crippen LogP contribution is -2.49. The van der Waals surface area contributed by atoms with E-state index < -0.39 is 0 Å². The molecule has 0 unspecified atom stereocenters. The number of anilines is 3. The van der Waals surface area contributed by atoms with Crippen LogP contribution in [0.5, 0.6) is 0 Å². The number of aromatic nitrogens is 2. The molecular formula is C25H39N5OS. The van der Waals surface area contributed by atoms with Gasteiger partial charge in [0.05, 0.1) is 5.69 Å². The van der Waals surface area contributed by atoms with Gasteiger partial charge in [0.25, 0.3) is 0 Å². The molecule has 0 spiro atoms. The highest BCUT2D eigenvalue weighted by Gasteiger charge is 2.29. The first kappa shape index (κ1) is 25.8. The summed E-state index contributed by atoms with van der Waals surface area (Å²) in [6, 6.07) is 10.1. The zero-order valence-electron chi connectivity index (χ0n) is 20.4. The second kappa shape index (κ2) is 13.2. The molecule has 1 aromatic carbocycles. The predicted molar refractivity (Wildman–Crippen MR) is 138 cm³/mol. The molecule has 0 radical (unpaired) electrons. The van der Waals surface area contributed by atoms with E-state index >= 15 is 0 Å². The van der Waals surface area contributed by atoms with Crippen molar-refractivity contribution in [2.45, 2.75) is 73.1 Å². The van der Waals surface area contributed by atoms with Crippen LogP contribution in [0, 0.1) is 11.6 Å². The summed E-state index contributed by atoms with van der Waals surface area (Å²) in [4.78, 5) is 23.8. The maximum atomic E-state index is 13.6. The number of hydrogen-bond acceptors (Lipinski definition) is 5. The van der Waals surface area contributed by atoms with Crippen molar-refractivity contribution in [2.24, 2.45) is 0 Å². The van der Waals surface area contributed by atoms with Crippen LogP contribution in [0.1, 0.15) is 72.0 Å². The Labute approximate surface area is 198 Å². The van der Waals surface area contributed by atoms with Gasteiger partial charge < -0.3 is 9.88 Å². The average Bonchev–Trinajstić information content (AvgIpc) is 2.78. The van der Waals surface area contributed by atoms with E-state index in [1.54, 1.807) is 5.01 Å². The number of carbonyl (C=O) groups excluding carboxylic acids is 1. The van der Waals surface area contributed by atoms with E-state index in [2.05, 4.69) is 52.8 Å². The Bertz CT molecular complexity index is 895. The zero-order chi connectivity index (χ0) is 23.5. The fourth-order valence-corrected chi connectivity index (χ4v) is 4.18. The molecule has 0 aliphatic carbocycles. The van der Waals surface area contributed by atoms with Gasteiger partial charge in [-0.1, -0.05) is 63.5 Å². The van der Waals surface area contributed by atoms with Crippen molar-refractivity contribution in [2.75, 3.05) is 34.6 Å². The highest BCUT2D eigenvalue weighted by molar-refractivity contribution is 7.71. The number of hydrogen-bond donors (Lipinski definition) is 1. The first-order valence-corrected chi connectivity index (χ1v) is 12.4.